The lowest BCUT2D eigenvalue weighted by molar-refractivity contribution is 0.257. The monoisotopic (exact) mass is 251 g/mol. The Balaban J connectivity index is 1.91. The molecule has 0 spiro atoms. The first kappa shape index (κ1) is 13.5. The molecule has 1 atom stereocenters. The van der Waals surface area contributed by atoms with Crippen molar-refractivity contribution in [2.75, 3.05) is 0 Å². The lowest BCUT2D eigenvalue weighted by Crippen LogP contribution is -2.40. The Labute approximate surface area is 109 Å². The number of hydrogen-bond acceptors (Lipinski definition) is 4. The highest BCUT2D eigenvalue weighted by atomic mass is 15.3. The van der Waals surface area contributed by atoms with Gasteiger partial charge >= 0.3 is 0 Å². The predicted molar refractivity (Wildman–Crippen MR) is 71.6 cm³/mol. The molecule has 5 heteroatoms. The van der Waals surface area contributed by atoms with Crippen molar-refractivity contribution in [3.63, 3.8) is 0 Å². The molecule has 1 fully saturated rings. The smallest absolute Gasteiger partial charge is 0.138 e. The van der Waals surface area contributed by atoms with Gasteiger partial charge in [-0.25, -0.2) is 9.67 Å². The van der Waals surface area contributed by atoms with Crippen LogP contribution in [0.15, 0.2) is 6.33 Å². The fraction of sp³-hybridized carbons (Fsp3) is 0.846. The highest BCUT2D eigenvalue weighted by Gasteiger charge is 2.22. The first-order valence-corrected chi connectivity index (χ1v) is 7.01. The Morgan fingerprint density at radius 2 is 2.28 bits per heavy atom. The second kappa shape index (κ2) is 6.29. The molecular weight excluding hydrogens is 226 g/mol. The van der Waals surface area contributed by atoms with Crippen molar-refractivity contribution in [1.29, 1.82) is 0 Å². The lowest BCUT2D eigenvalue weighted by Gasteiger charge is -2.29. The molecule has 0 aromatic carbocycles. The van der Waals surface area contributed by atoms with E-state index in [4.69, 9.17) is 5.84 Å². The summed E-state index contributed by atoms with van der Waals surface area (Å²) in [6.07, 6.45) is 7.78. The van der Waals surface area contributed by atoms with Crippen LogP contribution in [0.3, 0.4) is 0 Å². The molecule has 1 aromatic heterocycles. The van der Waals surface area contributed by atoms with Gasteiger partial charge in [-0.05, 0) is 18.3 Å². The summed E-state index contributed by atoms with van der Waals surface area (Å²) in [4.78, 5) is 4.36. The van der Waals surface area contributed by atoms with E-state index in [9.17, 15) is 0 Å². The van der Waals surface area contributed by atoms with Crippen LogP contribution in [-0.4, -0.2) is 20.8 Å². The first-order valence-electron chi connectivity index (χ1n) is 7.01. The molecular formula is C13H25N5. The van der Waals surface area contributed by atoms with E-state index in [1.165, 1.54) is 19.3 Å². The molecule has 2 rings (SSSR count). The van der Waals surface area contributed by atoms with Gasteiger partial charge in [-0.1, -0.05) is 33.1 Å². The van der Waals surface area contributed by atoms with Gasteiger partial charge in [-0.15, -0.1) is 0 Å². The van der Waals surface area contributed by atoms with E-state index in [1.54, 1.807) is 6.33 Å². The molecule has 3 N–H and O–H groups in total. The normalized spacial score (nSPS) is 18.0. The van der Waals surface area contributed by atoms with Crippen LogP contribution in [-0.2, 0) is 13.0 Å². The first-order chi connectivity index (χ1) is 8.69. The third-order valence-electron chi connectivity index (χ3n) is 3.74. The molecule has 5 nitrogen and oxygen atoms in total. The van der Waals surface area contributed by atoms with E-state index in [0.717, 1.165) is 31.1 Å². The molecule has 18 heavy (non-hydrogen) atoms. The molecule has 1 unspecified atom stereocenters. The van der Waals surface area contributed by atoms with Gasteiger partial charge in [0.05, 0.1) is 0 Å². The second-order valence-electron chi connectivity index (χ2n) is 5.85. The van der Waals surface area contributed by atoms with Gasteiger partial charge in [0.15, 0.2) is 0 Å². The lowest BCUT2D eigenvalue weighted by atomic mass is 9.80. The molecule has 1 aliphatic rings. The van der Waals surface area contributed by atoms with E-state index in [2.05, 4.69) is 29.4 Å². The van der Waals surface area contributed by atoms with Gasteiger partial charge in [0, 0.05) is 19.0 Å². The number of hydrazine groups is 1. The highest BCUT2D eigenvalue weighted by molar-refractivity contribution is 4.91. The fourth-order valence-electron chi connectivity index (χ4n) is 2.51. The van der Waals surface area contributed by atoms with E-state index < -0.39 is 0 Å². The zero-order valence-electron chi connectivity index (χ0n) is 11.5. The third-order valence-corrected chi connectivity index (χ3v) is 3.74. The van der Waals surface area contributed by atoms with Gasteiger partial charge < -0.3 is 0 Å². The van der Waals surface area contributed by atoms with Crippen molar-refractivity contribution in [1.82, 2.24) is 20.2 Å². The Morgan fingerprint density at radius 1 is 1.50 bits per heavy atom. The SMILES string of the molecule is CC(C)Cn1ncnc1CC(CC1CCC1)NN. The summed E-state index contributed by atoms with van der Waals surface area (Å²) < 4.78 is 2.01. The molecule has 102 valence electrons. The van der Waals surface area contributed by atoms with Crippen LogP contribution in [0.2, 0.25) is 0 Å². The fourth-order valence-corrected chi connectivity index (χ4v) is 2.51. The van der Waals surface area contributed by atoms with E-state index in [0.29, 0.717) is 12.0 Å². The van der Waals surface area contributed by atoms with E-state index in [1.807, 2.05) is 4.68 Å². The number of aromatic nitrogens is 3. The zero-order chi connectivity index (χ0) is 13.0. The summed E-state index contributed by atoms with van der Waals surface area (Å²) in [5.41, 5.74) is 2.94. The van der Waals surface area contributed by atoms with Gasteiger partial charge in [0.25, 0.3) is 0 Å². The molecule has 0 amide bonds. The Kier molecular flexibility index (Phi) is 4.72. The van der Waals surface area contributed by atoms with Gasteiger partial charge in [0.1, 0.15) is 12.2 Å². The highest BCUT2D eigenvalue weighted by Crippen LogP contribution is 2.30. The summed E-state index contributed by atoms with van der Waals surface area (Å²) in [7, 11) is 0. The van der Waals surface area contributed by atoms with Crippen molar-refractivity contribution in [3.8, 4) is 0 Å². The number of nitrogens with zero attached hydrogens (tertiary/aromatic N) is 3. The zero-order valence-corrected chi connectivity index (χ0v) is 11.5. The third kappa shape index (κ3) is 3.53. The summed E-state index contributed by atoms with van der Waals surface area (Å²) in [5.74, 6) is 8.15. The molecule has 1 heterocycles. The number of rotatable bonds is 7. The summed E-state index contributed by atoms with van der Waals surface area (Å²) in [6.45, 7) is 5.31. The van der Waals surface area contributed by atoms with Crippen LogP contribution >= 0.6 is 0 Å². The topological polar surface area (TPSA) is 68.8 Å². The Hall–Kier alpha value is -0.940. The summed E-state index contributed by atoms with van der Waals surface area (Å²) in [6, 6.07) is 0.324. The largest absolute Gasteiger partial charge is 0.271 e. The standard InChI is InChI=1S/C13H25N5/c1-10(2)8-18-13(15-9-16-18)7-12(17-14)6-11-4-3-5-11/h9-12,17H,3-8,14H2,1-2H3. The molecule has 0 saturated heterocycles. The number of nitrogens with two attached hydrogens (primary N) is 1. The minimum absolute atomic E-state index is 0.324. The number of nitrogens with one attached hydrogen (secondary N) is 1. The van der Waals surface area contributed by atoms with Crippen LogP contribution in [0.5, 0.6) is 0 Å². The van der Waals surface area contributed by atoms with Crippen LogP contribution in [0.25, 0.3) is 0 Å². The van der Waals surface area contributed by atoms with Crippen molar-refractivity contribution in [2.45, 2.75) is 58.5 Å². The van der Waals surface area contributed by atoms with E-state index >= 15 is 0 Å². The minimum atomic E-state index is 0.324. The maximum absolute atomic E-state index is 5.66. The minimum Gasteiger partial charge on any atom is -0.271 e. The molecule has 1 saturated carbocycles. The summed E-state index contributed by atoms with van der Waals surface area (Å²) >= 11 is 0. The second-order valence-corrected chi connectivity index (χ2v) is 5.85. The predicted octanol–water partition coefficient (Wildman–Crippen LogP) is 1.50. The van der Waals surface area contributed by atoms with Gasteiger partial charge in [0.2, 0.25) is 0 Å². The van der Waals surface area contributed by atoms with Crippen LogP contribution in [0.4, 0.5) is 0 Å². The van der Waals surface area contributed by atoms with Crippen molar-refractivity contribution >= 4 is 0 Å². The van der Waals surface area contributed by atoms with Gasteiger partial charge in [-0.2, -0.15) is 5.10 Å². The molecule has 0 bridgehead atoms. The molecule has 0 aliphatic heterocycles. The van der Waals surface area contributed by atoms with Gasteiger partial charge in [-0.3, -0.25) is 11.3 Å². The molecule has 1 aliphatic carbocycles. The van der Waals surface area contributed by atoms with Crippen molar-refractivity contribution < 1.29 is 0 Å². The Morgan fingerprint density at radius 3 is 2.83 bits per heavy atom. The maximum Gasteiger partial charge on any atom is 0.138 e. The quantitative estimate of drug-likeness (QED) is 0.569. The Bertz CT molecular complexity index is 356. The summed E-state index contributed by atoms with van der Waals surface area (Å²) in [5, 5.41) is 4.29. The maximum atomic E-state index is 5.66. The average Bonchev–Trinajstić information content (AvgIpc) is 2.68. The van der Waals surface area contributed by atoms with Crippen LogP contribution in [0, 0.1) is 11.8 Å². The average molecular weight is 251 g/mol. The van der Waals surface area contributed by atoms with Crippen molar-refractivity contribution in [3.05, 3.63) is 12.2 Å². The van der Waals surface area contributed by atoms with Crippen molar-refractivity contribution in [2.24, 2.45) is 17.7 Å². The van der Waals surface area contributed by atoms with E-state index in [-0.39, 0.29) is 0 Å². The molecule has 1 aromatic rings. The molecule has 0 radical (unpaired) electrons. The van der Waals surface area contributed by atoms with Crippen LogP contribution in [0.1, 0.15) is 45.4 Å². The van der Waals surface area contributed by atoms with Crippen LogP contribution < -0.4 is 11.3 Å². The number of hydrogen-bond donors (Lipinski definition) is 2.